The van der Waals surface area contributed by atoms with Gasteiger partial charge in [0.1, 0.15) is 0 Å². The zero-order valence-corrected chi connectivity index (χ0v) is 10.7. The van der Waals surface area contributed by atoms with Crippen LogP contribution in [-0.2, 0) is 4.79 Å². The molecular formula is C11H13BrO2S. The van der Waals surface area contributed by atoms with Crippen LogP contribution in [0.2, 0.25) is 0 Å². The maximum atomic E-state index is 10.3. The van der Waals surface area contributed by atoms with E-state index >= 15 is 0 Å². The second-order valence-corrected chi connectivity index (χ2v) is 5.24. The second kappa shape index (κ2) is 6.90. The van der Waals surface area contributed by atoms with E-state index in [9.17, 15) is 4.79 Å². The van der Waals surface area contributed by atoms with Crippen LogP contribution in [0.15, 0.2) is 33.6 Å². The number of rotatable bonds is 6. The van der Waals surface area contributed by atoms with Gasteiger partial charge in [-0.1, -0.05) is 15.9 Å². The summed E-state index contributed by atoms with van der Waals surface area (Å²) in [5.41, 5.74) is 0. The average Bonchev–Trinajstić information content (AvgIpc) is 2.20. The number of halogens is 1. The highest BCUT2D eigenvalue weighted by atomic mass is 79.9. The van der Waals surface area contributed by atoms with Gasteiger partial charge in [0.2, 0.25) is 0 Å². The lowest BCUT2D eigenvalue weighted by Crippen LogP contribution is -1.94. The Morgan fingerprint density at radius 3 is 2.53 bits per heavy atom. The van der Waals surface area contributed by atoms with Gasteiger partial charge in [-0.15, -0.1) is 11.8 Å². The molecule has 0 aromatic heterocycles. The third kappa shape index (κ3) is 5.85. The normalized spacial score (nSPS) is 10.2. The molecule has 1 rings (SSSR count). The predicted molar refractivity (Wildman–Crippen MR) is 66.4 cm³/mol. The molecule has 2 nitrogen and oxygen atoms in total. The molecule has 0 fully saturated rings. The average molecular weight is 289 g/mol. The molecule has 1 N–H and O–H groups in total. The van der Waals surface area contributed by atoms with E-state index in [2.05, 4.69) is 28.1 Å². The molecule has 82 valence electrons. The van der Waals surface area contributed by atoms with E-state index in [1.807, 2.05) is 12.1 Å². The Labute approximate surface area is 102 Å². The van der Waals surface area contributed by atoms with Crippen LogP contribution in [0.5, 0.6) is 0 Å². The van der Waals surface area contributed by atoms with Crippen LogP contribution >= 0.6 is 27.7 Å². The smallest absolute Gasteiger partial charge is 0.303 e. The van der Waals surface area contributed by atoms with Crippen LogP contribution < -0.4 is 0 Å². The number of benzene rings is 1. The minimum atomic E-state index is -0.705. The first-order valence-electron chi connectivity index (χ1n) is 4.78. The van der Waals surface area contributed by atoms with Gasteiger partial charge in [-0.05, 0) is 42.9 Å². The van der Waals surface area contributed by atoms with E-state index in [-0.39, 0.29) is 6.42 Å². The van der Waals surface area contributed by atoms with Crippen LogP contribution in [0.4, 0.5) is 0 Å². The molecule has 0 aliphatic heterocycles. The van der Waals surface area contributed by atoms with Gasteiger partial charge in [0.25, 0.3) is 0 Å². The standard InChI is InChI=1S/C11H13BrO2S/c12-9-4-6-10(7-5-9)15-8-2-1-3-11(13)14/h4-7H,1-3,8H2,(H,13,14). The molecule has 15 heavy (non-hydrogen) atoms. The van der Waals surface area contributed by atoms with E-state index in [0.717, 1.165) is 23.1 Å². The highest BCUT2D eigenvalue weighted by Gasteiger charge is 1.97. The molecule has 0 unspecified atom stereocenters. The fourth-order valence-electron chi connectivity index (χ4n) is 1.10. The summed E-state index contributed by atoms with van der Waals surface area (Å²) < 4.78 is 1.08. The molecule has 0 aliphatic carbocycles. The largest absolute Gasteiger partial charge is 0.481 e. The summed E-state index contributed by atoms with van der Waals surface area (Å²) in [5.74, 6) is 0.276. The minimum Gasteiger partial charge on any atom is -0.481 e. The summed E-state index contributed by atoms with van der Waals surface area (Å²) in [6, 6.07) is 8.15. The molecule has 0 heterocycles. The Morgan fingerprint density at radius 1 is 1.27 bits per heavy atom. The van der Waals surface area contributed by atoms with E-state index in [4.69, 9.17) is 5.11 Å². The van der Waals surface area contributed by atoms with Crippen LogP contribution in [-0.4, -0.2) is 16.8 Å². The van der Waals surface area contributed by atoms with Crippen molar-refractivity contribution in [2.75, 3.05) is 5.75 Å². The molecule has 1 aromatic carbocycles. The number of carbonyl (C=O) groups is 1. The number of thioether (sulfide) groups is 1. The molecule has 0 saturated heterocycles. The second-order valence-electron chi connectivity index (χ2n) is 3.15. The fraction of sp³-hybridized carbons (Fsp3) is 0.364. The Morgan fingerprint density at radius 2 is 1.93 bits per heavy atom. The van der Waals surface area contributed by atoms with Crippen molar-refractivity contribution < 1.29 is 9.90 Å². The molecular weight excluding hydrogens is 276 g/mol. The number of unbranched alkanes of at least 4 members (excludes halogenated alkanes) is 1. The van der Waals surface area contributed by atoms with Crippen molar-refractivity contribution in [3.05, 3.63) is 28.7 Å². The Kier molecular flexibility index (Phi) is 5.79. The van der Waals surface area contributed by atoms with E-state index in [0.29, 0.717) is 0 Å². The molecule has 0 saturated carbocycles. The fourth-order valence-corrected chi connectivity index (χ4v) is 2.28. The summed E-state index contributed by atoms with van der Waals surface area (Å²) in [4.78, 5) is 11.5. The third-order valence-electron chi connectivity index (χ3n) is 1.87. The van der Waals surface area contributed by atoms with Gasteiger partial charge in [-0.3, -0.25) is 4.79 Å². The zero-order valence-electron chi connectivity index (χ0n) is 8.28. The number of carboxylic acids is 1. The first kappa shape index (κ1) is 12.6. The summed E-state index contributed by atoms with van der Waals surface area (Å²) in [7, 11) is 0. The molecule has 0 radical (unpaired) electrons. The highest BCUT2D eigenvalue weighted by Crippen LogP contribution is 2.21. The monoisotopic (exact) mass is 288 g/mol. The summed E-state index contributed by atoms with van der Waals surface area (Å²) >= 11 is 5.15. The van der Waals surface area contributed by atoms with E-state index in [1.165, 1.54) is 4.90 Å². The topological polar surface area (TPSA) is 37.3 Å². The number of hydrogen-bond acceptors (Lipinski definition) is 2. The first-order valence-corrected chi connectivity index (χ1v) is 6.56. The van der Waals surface area contributed by atoms with Crippen LogP contribution in [0.25, 0.3) is 0 Å². The van der Waals surface area contributed by atoms with E-state index in [1.54, 1.807) is 11.8 Å². The molecule has 0 bridgehead atoms. The predicted octanol–water partition coefficient (Wildman–Crippen LogP) is 3.80. The van der Waals surface area contributed by atoms with Gasteiger partial charge >= 0.3 is 5.97 Å². The van der Waals surface area contributed by atoms with Crippen molar-refractivity contribution in [2.24, 2.45) is 0 Å². The van der Waals surface area contributed by atoms with Crippen LogP contribution in [0, 0.1) is 0 Å². The number of carboxylic acid groups (broad SMARTS) is 1. The lowest BCUT2D eigenvalue weighted by molar-refractivity contribution is -0.137. The van der Waals surface area contributed by atoms with Crippen molar-refractivity contribution in [2.45, 2.75) is 24.2 Å². The van der Waals surface area contributed by atoms with Crippen molar-refractivity contribution >= 4 is 33.7 Å². The van der Waals surface area contributed by atoms with Gasteiger partial charge in [0.05, 0.1) is 0 Å². The molecule has 1 aromatic rings. The number of aliphatic carboxylic acids is 1. The highest BCUT2D eigenvalue weighted by molar-refractivity contribution is 9.10. The van der Waals surface area contributed by atoms with Gasteiger partial charge in [-0.25, -0.2) is 0 Å². The minimum absolute atomic E-state index is 0.279. The molecule has 0 spiro atoms. The van der Waals surface area contributed by atoms with Crippen LogP contribution in [0.3, 0.4) is 0 Å². The third-order valence-corrected chi connectivity index (χ3v) is 3.49. The Balaban J connectivity index is 2.15. The molecule has 4 heteroatoms. The Hall–Kier alpha value is -0.480. The Bertz CT molecular complexity index is 311. The summed E-state index contributed by atoms with van der Waals surface area (Å²) in [6.45, 7) is 0. The molecule has 0 atom stereocenters. The van der Waals surface area contributed by atoms with Crippen molar-refractivity contribution in [1.29, 1.82) is 0 Å². The summed E-state index contributed by atoms with van der Waals surface area (Å²) in [5, 5.41) is 8.45. The maximum absolute atomic E-state index is 10.3. The van der Waals surface area contributed by atoms with Gasteiger partial charge < -0.3 is 5.11 Å². The van der Waals surface area contributed by atoms with Gasteiger partial charge in [-0.2, -0.15) is 0 Å². The van der Waals surface area contributed by atoms with Crippen molar-refractivity contribution in [3.8, 4) is 0 Å². The molecule has 0 aliphatic rings. The number of hydrogen-bond donors (Lipinski definition) is 1. The molecule has 0 amide bonds. The lowest BCUT2D eigenvalue weighted by Gasteiger charge is -2.00. The van der Waals surface area contributed by atoms with Gasteiger partial charge in [0.15, 0.2) is 0 Å². The maximum Gasteiger partial charge on any atom is 0.303 e. The SMILES string of the molecule is O=C(O)CCCCSc1ccc(Br)cc1. The van der Waals surface area contributed by atoms with Gasteiger partial charge in [0, 0.05) is 15.8 Å². The zero-order chi connectivity index (χ0) is 11.1. The van der Waals surface area contributed by atoms with E-state index < -0.39 is 5.97 Å². The van der Waals surface area contributed by atoms with Crippen LogP contribution in [0.1, 0.15) is 19.3 Å². The lowest BCUT2D eigenvalue weighted by atomic mass is 10.2. The first-order chi connectivity index (χ1) is 7.18. The quantitative estimate of drug-likeness (QED) is 0.639. The van der Waals surface area contributed by atoms with Crippen molar-refractivity contribution in [3.63, 3.8) is 0 Å². The van der Waals surface area contributed by atoms with Crippen molar-refractivity contribution in [1.82, 2.24) is 0 Å². The summed E-state index contributed by atoms with van der Waals surface area (Å²) in [6.07, 6.45) is 1.99.